The van der Waals surface area contributed by atoms with E-state index >= 15 is 0 Å². The first-order valence-corrected chi connectivity index (χ1v) is 5.55. The molecule has 1 aliphatic rings. The predicted molar refractivity (Wildman–Crippen MR) is 61.5 cm³/mol. The number of hydrogen-bond donors (Lipinski definition) is 0. The maximum Gasteiger partial charge on any atom is 0.130 e. The van der Waals surface area contributed by atoms with Crippen molar-refractivity contribution in [1.82, 2.24) is 4.98 Å². The summed E-state index contributed by atoms with van der Waals surface area (Å²) in [6, 6.07) is 3.69. The van der Waals surface area contributed by atoms with Crippen molar-refractivity contribution in [1.29, 1.82) is 0 Å². The molecule has 1 saturated heterocycles. The van der Waals surface area contributed by atoms with Crippen LogP contribution < -0.4 is 4.90 Å². The van der Waals surface area contributed by atoms with Crippen LogP contribution in [0.3, 0.4) is 0 Å². The van der Waals surface area contributed by atoms with Crippen molar-refractivity contribution < 1.29 is 4.74 Å². The number of aromatic nitrogens is 1. The smallest absolute Gasteiger partial charge is 0.130 e. The van der Waals surface area contributed by atoms with Gasteiger partial charge in [0.25, 0.3) is 0 Å². The Hall–Kier alpha value is -0.800. The predicted octanol–water partition coefficient (Wildman–Crippen LogP) is 2.35. The zero-order chi connectivity index (χ0) is 10.8. The van der Waals surface area contributed by atoms with Crippen LogP contribution in [0.15, 0.2) is 18.3 Å². The average molecular weight is 227 g/mol. The monoisotopic (exact) mass is 226 g/mol. The molecule has 1 fully saturated rings. The molecule has 2 unspecified atom stereocenters. The lowest BCUT2D eigenvalue weighted by Crippen LogP contribution is -2.45. The summed E-state index contributed by atoms with van der Waals surface area (Å²) < 4.78 is 5.67. The Morgan fingerprint density at radius 1 is 1.40 bits per heavy atom. The van der Waals surface area contributed by atoms with Gasteiger partial charge >= 0.3 is 0 Å². The molecular formula is C11H15ClN2O. The van der Waals surface area contributed by atoms with Gasteiger partial charge in [-0.3, -0.25) is 0 Å². The van der Waals surface area contributed by atoms with Crippen molar-refractivity contribution in [2.24, 2.45) is 0 Å². The van der Waals surface area contributed by atoms with Crippen molar-refractivity contribution in [2.45, 2.75) is 26.1 Å². The van der Waals surface area contributed by atoms with Crippen LogP contribution in [-0.2, 0) is 4.74 Å². The number of anilines is 1. The van der Waals surface area contributed by atoms with E-state index in [9.17, 15) is 0 Å². The quantitative estimate of drug-likeness (QED) is 0.735. The summed E-state index contributed by atoms with van der Waals surface area (Å²) in [5, 5.41) is 0.729. The number of hydrogen-bond acceptors (Lipinski definition) is 3. The first-order valence-electron chi connectivity index (χ1n) is 5.17. The fourth-order valence-electron chi connectivity index (χ4n) is 1.93. The standard InChI is InChI=1S/C11H15ClN2O/c1-8-6-14(7-9(2)15-8)11-5-10(12)3-4-13-11/h3-5,8-9H,6-7H2,1-2H3. The number of morpholine rings is 1. The van der Waals surface area contributed by atoms with E-state index in [1.807, 2.05) is 6.07 Å². The van der Waals surface area contributed by atoms with E-state index in [1.165, 1.54) is 0 Å². The Morgan fingerprint density at radius 2 is 2.07 bits per heavy atom. The molecule has 2 atom stereocenters. The van der Waals surface area contributed by atoms with E-state index in [4.69, 9.17) is 16.3 Å². The molecule has 0 spiro atoms. The van der Waals surface area contributed by atoms with Crippen molar-refractivity contribution in [3.8, 4) is 0 Å². The third kappa shape index (κ3) is 2.61. The molecule has 1 aromatic rings. The Bertz CT molecular complexity index is 335. The molecule has 0 bridgehead atoms. The lowest BCUT2D eigenvalue weighted by atomic mass is 10.2. The van der Waals surface area contributed by atoms with Gasteiger partial charge in [-0.2, -0.15) is 0 Å². The summed E-state index contributed by atoms with van der Waals surface area (Å²) in [5.74, 6) is 0.935. The Morgan fingerprint density at radius 3 is 2.67 bits per heavy atom. The summed E-state index contributed by atoms with van der Waals surface area (Å²) in [4.78, 5) is 6.53. The van der Waals surface area contributed by atoms with Crippen LogP contribution in [0.1, 0.15) is 13.8 Å². The van der Waals surface area contributed by atoms with E-state index in [-0.39, 0.29) is 12.2 Å². The second-order valence-corrected chi connectivity index (χ2v) is 4.43. The minimum Gasteiger partial charge on any atom is -0.372 e. The Labute approximate surface area is 95.0 Å². The molecular weight excluding hydrogens is 212 g/mol. The van der Waals surface area contributed by atoms with E-state index in [0.717, 1.165) is 23.9 Å². The van der Waals surface area contributed by atoms with Crippen molar-refractivity contribution in [3.63, 3.8) is 0 Å². The maximum absolute atomic E-state index is 5.94. The first-order chi connectivity index (χ1) is 7.15. The van der Waals surface area contributed by atoms with Crippen LogP contribution in [0.4, 0.5) is 5.82 Å². The normalized spacial score (nSPS) is 26.7. The van der Waals surface area contributed by atoms with Crippen LogP contribution >= 0.6 is 11.6 Å². The molecule has 0 aliphatic carbocycles. The fraction of sp³-hybridized carbons (Fsp3) is 0.545. The van der Waals surface area contributed by atoms with Crippen molar-refractivity contribution in [2.75, 3.05) is 18.0 Å². The van der Waals surface area contributed by atoms with Crippen molar-refractivity contribution >= 4 is 17.4 Å². The molecule has 2 rings (SSSR count). The van der Waals surface area contributed by atoms with Gasteiger partial charge in [0.2, 0.25) is 0 Å². The average Bonchev–Trinajstić information content (AvgIpc) is 2.16. The van der Waals surface area contributed by atoms with Crippen LogP contribution in [-0.4, -0.2) is 30.3 Å². The van der Waals surface area contributed by atoms with Crippen LogP contribution in [0.2, 0.25) is 5.02 Å². The number of nitrogens with zero attached hydrogens (tertiary/aromatic N) is 2. The van der Waals surface area contributed by atoms with Gasteiger partial charge in [0.15, 0.2) is 0 Å². The molecule has 82 valence electrons. The summed E-state index contributed by atoms with van der Waals surface area (Å²) >= 11 is 5.94. The topological polar surface area (TPSA) is 25.4 Å². The second kappa shape index (κ2) is 4.37. The first kappa shape index (κ1) is 10.7. The largest absolute Gasteiger partial charge is 0.372 e. The minimum atomic E-state index is 0.245. The Kier molecular flexibility index (Phi) is 3.12. The lowest BCUT2D eigenvalue weighted by molar-refractivity contribution is -0.00545. The fourth-order valence-corrected chi connectivity index (χ4v) is 2.09. The molecule has 0 radical (unpaired) electrons. The highest BCUT2D eigenvalue weighted by molar-refractivity contribution is 6.30. The van der Waals surface area contributed by atoms with Gasteiger partial charge in [0.1, 0.15) is 5.82 Å². The lowest BCUT2D eigenvalue weighted by Gasteiger charge is -2.36. The SMILES string of the molecule is CC1CN(c2cc(Cl)ccn2)CC(C)O1. The molecule has 0 aromatic carbocycles. The number of rotatable bonds is 1. The van der Waals surface area contributed by atoms with Crippen molar-refractivity contribution in [3.05, 3.63) is 23.4 Å². The van der Waals surface area contributed by atoms with Crippen LogP contribution in [0.25, 0.3) is 0 Å². The molecule has 15 heavy (non-hydrogen) atoms. The second-order valence-electron chi connectivity index (χ2n) is 3.99. The van der Waals surface area contributed by atoms with Gasteiger partial charge in [-0.1, -0.05) is 11.6 Å². The number of ether oxygens (including phenoxy) is 1. The van der Waals surface area contributed by atoms with E-state index < -0.39 is 0 Å². The van der Waals surface area contributed by atoms with Crippen LogP contribution in [0, 0.1) is 0 Å². The van der Waals surface area contributed by atoms with E-state index in [0.29, 0.717) is 0 Å². The van der Waals surface area contributed by atoms with Gasteiger partial charge in [-0.25, -0.2) is 4.98 Å². The summed E-state index contributed by atoms with van der Waals surface area (Å²) in [7, 11) is 0. The molecule has 1 aromatic heterocycles. The molecule has 4 heteroatoms. The third-order valence-corrected chi connectivity index (χ3v) is 2.69. The molecule has 1 aliphatic heterocycles. The van der Waals surface area contributed by atoms with Gasteiger partial charge in [-0.15, -0.1) is 0 Å². The highest BCUT2D eigenvalue weighted by Crippen LogP contribution is 2.20. The van der Waals surface area contributed by atoms with E-state index in [1.54, 1.807) is 12.3 Å². The summed E-state index contributed by atoms with van der Waals surface area (Å²) in [6.07, 6.45) is 2.23. The van der Waals surface area contributed by atoms with Gasteiger partial charge in [0, 0.05) is 24.3 Å². The van der Waals surface area contributed by atoms with Crippen LogP contribution in [0.5, 0.6) is 0 Å². The maximum atomic E-state index is 5.94. The highest BCUT2D eigenvalue weighted by atomic mass is 35.5. The third-order valence-electron chi connectivity index (χ3n) is 2.45. The highest BCUT2D eigenvalue weighted by Gasteiger charge is 2.22. The molecule has 0 N–H and O–H groups in total. The van der Waals surface area contributed by atoms with Gasteiger partial charge < -0.3 is 9.64 Å². The minimum absolute atomic E-state index is 0.245. The zero-order valence-corrected chi connectivity index (χ0v) is 9.74. The molecule has 0 saturated carbocycles. The molecule has 0 amide bonds. The number of halogens is 1. The Balaban J connectivity index is 2.16. The van der Waals surface area contributed by atoms with Gasteiger partial charge in [0.05, 0.1) is 12.2 Å². The van der Waals surface area contributed by atoms with Gasteiger partial charge in [-0.05, 0) is 26.0 Å². The number of pyridine rings is 1. The zero-order valence-electron chi connectivity index (χ0n) is 8.98. The summed E-state index contributed by atoms with van der Waals surface area (Å²) in [5.41, 5.74) is 0. The molecule has 3 nitrogen and oxygen atoms in total. The molecule has 2 heterocycles. The summed E-state index contributed by atoms with van der Waals surface area (Å²) in [6.45, 7) is 5.90. The van der Waals surface area contributed by atoms with E-state index in [2.05, 4.69) is 23.7 Å².